The van der Waals surface area contributed by atoms with Crippen LogP contribution in [0, 0.1) is 0 Å². The van der Waals surface area contributed by atoms with Crippen molar-refractivity contribution >= 4 is 11.7 Å². The van der Waals surface area contributed by atoms with Crippen LogP contribution < -0.4 is 14.4 Å². The van der Waals surface area contributed by atoms with E-state index in [2.05, 4.69) is 16.0 Å². The standard InChI is InChI=1S/C21H25N3O4/c1-26-18-11-15-5-6-24(14-17(15)12-19(18)27-2)20-4-3-16(13-22-20)21(25)23-7-9-28-10-8-23/h3-4,11-13H,5-10,14H2,1-2H3. The summed E-state index contributed by atoms with van der Waals surface area (Å²) in [6.07, 6.45) is 2.59. The molecule has 7 heteroatoms. The highest BCUT2D eigenvalue weighted by atomic mass is 16.5. The minimum atomic E-state index is 0.0168. The van der Waals surface area contributed by atoms with Gasteiger partial charge in [0.05, 0.1) is 33.0 Å². The zero-order valence-electron chi connectivity index (χ0n) is 16.3. The van der Waals surface area contributed by atoms with Crippen LogP contribution in [0.15, 0.2) is 30.5 Å². The highest BCUT2D eigenvalue weighted by Crippen LogP contribution is 2.34. The van der Waals surface area contributed by atoms with E-state index in [0.29, 0.717) is 31.9 Å². The Morgan fingerprint density at radius 2 is 1.75 bits per heavy atom. The first-order valence-electron chi connectivity index (χ1n) is 9.51. The summed E-state index contributed by atoms with van der Waals surface area (Å²) in [4.78, 5) is 21.2. The monoisotopic (exact) mass is 383 g/mol. The molecule has 1 fully saturated rings. The summed E-state index contributed by atoms with van der Waals surface area (Å²) in [5, 5.41) is 0. The number of benzene rings is 1. The van der Waals surface area contributed by atoms with E-state index < -0.39 is 0 Å². The summed E-state index contributed by atoms with van der Waals surface area (Å²) in [6.45, 7) is 4.08. The first kappa shape index (κ1) is 18.6. The predicted molar refractivity (Wildman–Crippen MR) is 105 cm³/mol. The SMILES string of the molecule is COc1cc2c(cc1OC)CN(c1ccc(C(=O)N3CCOCC3)cn1)CC2. The minimum absolute atomic E-state index is 0.0168. The van der Waals surface area contributed by atoms with Crippen molar-refractivity contribution in [1.82, 2.24) is 9.88 Å². The van der Waals surface area contributed by atoms with Gasteiger partial charge in [-0.05, 0) is 41.8 Å². The molecule has 28 heavy (non-hydrogen) atoms. The normalized spacial score (nSPS) is 16.5. The number of nitrogens with zero attached hydrogens (tertiary/aromatic N) is 3. The van der Waals surface area contributed by atoms with Crippen LogP contribution in [0.25, 0.3) is 0 Å². The van der Waals surface area contributed by atoms with E-state index in [0.717, 1.165) is 36.8 Å². The molecule has 4 rings (SSSR count). The Labute approximate surface area is 164 Å². The van der Waals surface area contributed by atoms with Gasteiger partial charge in [-0.1, -0.05) is 0 Å². The smallest absolute Gasteiger partial charge is 0.255 e. The summed E-state index contributed by atoms with van der Waals surface area (Å²) in [6, 6.07) is 7.89. The van der Waals surface area contributed by atoms with E-state index >= 15 is 0 Å². The molecular formula is C21H25N3O4. The van der Waals surface area contributed by atoms with Crippen LogP contribution in [-0.2, 0) is 17.7 Å². The van der Waals surface area contributed by atoms with E-state index in [4.69, 9.17) is 14.2 Å². The summed E-state index contributed by atoms with van der Waals surface area (Å²) < 4.78 is 16.1. The van der Waals surface area contributed by atoms with Gasteiger partial charge in [-0.3, -0.25) is 4.79 Å². The van der Waals surface area contributed by atoms with E-state index in [9.17, 15) is 4.79 Å². The van der Waals surface area contributed by atoms with Crippen LogP contribution in [0.5, 0.6) is 11.5 Å². The van der Waals surface area contributed by atoms with Gasteiger partial charge in [0, 0.05) is 32.4 Å². The maximum absolute atomic E-state index is 12.6. The number of ether oxygens (including phenoxy) is 3. The number of fused-ring (bicyclic) bond motifs is 1. The Kier molecular flexibility index (Phi) is 5.34. The van der Waals surface area contributed by atoms with Crippen LogP contribution in [0.4, 0.5) is 5.82 Å². The Morgan fingerprint density at radius 3 is 2.39 bits per heavy atom. The van der Waals surface area contributed by atoms with Gasteiger partial charge in [-0.2, -0.15) is 0 Å². The van der Waals surface area contributed by atoms with Crippen LogP contribution >= 0.6 is 0 Å². The molecule has 2 aromatic rings. The Bertz CT molecular complexity index is 847. The third-order valence-electron chi connectivity index (χ3n) is 5.34. The molecule has 2 aliphatic heterocycles. The second kappa shape index (κ2) is 8.06. The van der Waals surface area contributed by atoms with E-state index in [1.807, 2.05) is 23.1 Å². The largest absolute Gasteiger partial charge is 0.493 e. The number of methoxy groups -OCH3 is 2. The zero-order valence-corrected chi connectivity index (χ0v) is 16.3. The molecule has 2 aliphatic rings. The van der Waals surface area contributed by atoms with Crippen molar-refractivity contribution in [3.8, 4) is 11.5 Å². The number of rotatable bonds is 4. The van der Waals surface area contributed by atoms with E-state index in [1.54, 1.807) is 20.4 Å². The third kappa shape index (κ3) is 3.62. The lowest BCUT2D eigenvalue weighted by Crippen LogP contribution is -2.40. The van der Waals surface area contributed by atoms with E-state index in [-0.39, 0.29) is 5.91 Å². The Morgan fingerprint density at radius 1 is 1.04 bits per heavy atom. The van der Waals surface area contributed by atoms with Gasteiger partial charge in [-0.15, -0.1) is 0 Å². The number of carbonyl (C=O) groups is 1. The van der Waals surface area contributed by atoms with Crippen LogP contribution in [-0.4, -0.2) is 62.9 Å². The molecule has 1 amide bonds. The first-order chi connectivity index (χ1) is 13.7. The average molecular weight is 383 g/mol. The first-order valence-corrected chi connectivity index (χ1v) is 9.51. The lowest BCUT2D eigenvalue weighted by Gasteiger charge is -2.31. The summed E-state index contributed by atoms with van der Waals surface area (Å²) >= 11 is 0. The number of morpholine rings is 1. The summed E-state index contributed by atoms with van der Waals surface area (Å²) in [5.74, 6) is 2.39. The van der Waals surface area contributed by atoms with E-state index in [1.165, 1.54) is 11.1 Å². The minimum Gasteiger partial charge on any atom is -0.493 e. The molecule has 148 valence electrons. The zero-order chi connectivity index (χ0) is 19.5. The van der Waals surface area contributed by atoms with Gasteiger partial charge >= 0.3 is 0 Å². The fraction of sp³-hybridized carbons (Fsp3) is 0.429. The van der Waals surface area contributed by atoms with Crippen LogP contribution in [0.2, 0.25) is 0 Å². The van der Waals surface area contributed by atoms with Gasteiger partial charge in [0.15, 0.2) is 11.5 Å². The molecule has 1 saturated heterocycles. The molecule has 0 N–H and O–H groups in total. The van der Waals surface area contributed by atoms with Gasteiger partial charge in [-0.25, -0.2) is 4.98 Å². The Hall–Kier alpha value is -2.80. The molecule has 1 aromatic heterocycles. The molecular weight excluding hydrogens is 358 g/mol. The van der Waals surface area contributed by atoms with Crippen molar-refractivity contribution in [3.05, 3.63) is 47.2 Å². The number of hydrogen-bond acceptors (Lipinski definition) is 6. The molecule has 0 aliphatic carbocycles. The number of hydrogen-bond donors (Lipinski definition) is 0. The number of carbonyl (C=O) groups excluding carboxylic acids is 1. The number of anilines is 1. The number of amides is 1. The van der Waals surface area contributed by atoms with Crippen molar-refractivity contribution in [3.63, 3.8) is 0 Å². The average Bonchev–Trinajstić information content (AvgIpc) is 2.78. The van der Waals surface area contributed by atoms with Crippen molar-refractivity contribution in [2.45, 2.75) is 13.0 Å². The highest BCUT2D eigenvalue weighted by molar-refractivity contribution is 5.94. The van der Waals surface area contributed by atoms with Gasteiger partial charge in [0.25, 0.3) is 5.91 Å². The lowest BCUT2D eigenvalue weighted by molar-refractivity contribution is 0.0302. The molecule has 7 nitrogen and oxygen atoms in total. The molecule has 0 atom stereocenters. The maximum atomic E-state index is 12.6. The van der Waals surface area contributed by atoms with Gasteiger partial charge in [0.2, 0.25) is 0 Å². The predicted octanol–water partition coefficient (Wildman–Crippen LogP) is 2.13. The lowest BCUT2D eigenvalue weighted by atomic mass is 9.98. The van der Waals surface area contributed by atoms with Crippen LogP contribution in [0.1, 0.15) is 21.5 Å². The van der Waals surface area contributed by atoms with Crippen molar-refractivity contribution in [1.29, 1.82) is 0 Å². The number of pyridine rings is 1. The van der Waals surface area contributed by atoms with Crippen molar-refractivity contribution in [2.75, 3.05) is 52.0 Å². The fourth-order valence-corrected chi connectivity index (χ4v) is 3.73. The molecule has 3 heterocycles. The third-order valence-corrected chi connectivity index (χ3v) is 5.34. The second-order valence-corrected chi connectivity index (χ2v) is 6.96. The molecule has 0 radical (unpaired) electrons. The molecule has 0 spiro atoms. The molecule has 0 unspecified atom stereocenters. The number of aromatic nitrogens is 1. The topological polar surface area (TPSA) is 64.1 Å². The Balaban J connectivity index is 1.49. The van der Waals surface area contributed by atoms with Crippen LogP contribution in [0.3, 0.4) is 0 Å². The quantitative estimate of drug-likeness (QED) is 0.806. The fourth-order valence-electron chi connectivity index (χ4n) is 3.73. The summed E-state index contributed by atoms with van der Waals surface area (Å²) in [5.41, 5.74) is 3.10. The maximum Gasteiger partial charge on any atom is 0.255 e. The highest BCUT2D eigenvalue weighted by Gasteiger charge is 2.22. The second-order valence-electron chi connectivity index (χ2n) is 6.96. The molecule has 0 saturated carbocycles. The van der Waals surface area contributed by atoms with Gasteiger partial charge < -0.3 is 24.0 Å². The molecule has 0 bridgehead atoms. The molecule has 1 aromatic carbocycles. The van der Waals surface area contributed by atoms with Crippen molar-refractivity contribution < 1.29 is 19.0 Å². The van der Waals surface area contributed by atoms with Crippen molar-refractivity contribution in [2.24, 2.45) is 0 Å². The summed E-state index contributed by atoms with van der Waals surface area (Å²) in [7, 11) is 3.31. The van der Waals surface area contributed by atoms with Gasteiger partial charge in [0.1, 0.15) is 5.82 Å².